The Hall–Kier alpha value is -3.50. The van der Waals surface area contributed by atoms with Crippen LogP contribution in [0.15, 0.2) is 35.5 Å². The highest BCUT2D eigenvalue weighted by Crippen LogP contribution is 2.23. The molecule has 4 aromatic rings. The van der Waals surface area contributed by atoms with E-state index in [1.807, 2.05) is 39.8 Å². The van der Waals surface area contributed by atoms with E-state index in [9.17, 15) is 9.59 Å². The van der Waals surface area contributed by atoms with E-state index in [4.69, 9.17) is 15.2 Å². The van der Waals surface area contributed by atoms with E-state index in [-0.39, 0.29) is 36.9 Å². The molecule has 0 aliphatic carbocycles. The van der Waals surface area contributed by atoms with Gasteiger partial charge in [0.25, 0.3) is 5.56 Å². The van der Waals surface area contributed by atoms with Crippen molar-refractivity contribution in [3.05, 3.63) is 52.2 Å². The lowest BCUT2D eigenvalue weighted by atomic mass is 10.0. The number of esters is 1. The van der Waals surface area contributed by atoms with Gasteiger partial charge in [0.1, 0.15) is 19.4 Å². The summed E-state index contributed by atoms with van der Waals surface area (Å²) in [5, 5.41) is 0. The number of nitrogens with two attached hydrogens (primary N) is 1. The van der Waals surface area contributed by atoms with Gasteiger partial charge >= 0.3 is 5.97 Å². The molecular formula is C23H28N6O4. The van der Waals surface area contributed by atoms with Crippen molar-refractivity contribution in [3.63, 3.8) is 0 Å². The minimum absolute atomic E-state index is 0.00114. The van der Waals surface area contributed by atoms with Gasteiger partial charge in [0.15, 0.2) is 11.2 Å². The molecule has 0 spiro atoms. The molecule has 3 heterocycles. The number of aromatic nitrogens is 5. The monoisotopic (exact) mass is 452 g/mol. The van der Waals surface area contributed by atoms with Gasteiger partial charge in [-0.1, -0.05) is 37.6 Å². The molecule has 3 aromatic heterocycles. The molecule has 1 atom stereocenters. The SMILES string of the molecule is Cc1ccc(-c2cn3c(=O)c4ncn(COCCOC(=O)[C@H](N)C(C)C)c4nc3[nH]2)c(C)c1. The minimum atomic E-state index is -0.656. The van der Waals surface area contributed by atoms with Gasteiger partial charge in [-0.25, -0.2) is 9.38 Å². The maximum absolute atomic E-state index is 13.0. The van der Waals surface area contributed by atoms with Crippen LogP contribution < -0.4 is 11.3 Å². The highest BCUT2D eigenvalue weighted by Gasteiger charge is 2.18. The van der Waals surface area contributed by atoms with Gasteiger partial charge < -0.3 is 20.2 Å². The van der Waals surface area contributed by atoms with E-state index in [2.05, 4.69) is 21.0 Å². The Morgan fingerprint density at radius 3 is 2.76 bits per heavy atom. The lowest BCUT2D eigenvalue weighted by Crippen LogP contribution is -2.37. The number of rotatable bonds is 8. The number of carbonyl (C=O) groups is 1. The molecule has 0 radical (unpaired) electrons. The van der Waals surface area contributed by atoms with E-state index in [0.29, 0.717) is 11.4 Å². The second-order valence-electron chi connectivity index (χ2n) is 8.46. The largest absolute Gasteiger partial charge is 0.462 e. The minimum Gasteiger partial charge on any atom is -0.462 e. The van der Waals surface area contributed by atoms with Crippen LogP contribution in [0.5, 0.6) is 0 Å². The molecule has 0 amide bonds. The van der Waals surface area contributed by atoms with Crippen molar-refractivity contribution in [1.82, 2.24) is 23.9 Å². The number of carbonyl (C=O) groups excluding carboxylic acids is 1. The topological polar surface area (TPSA) is 130 Å². The van der Waals surface area contributed by atoms with Crippen molar-refractivity contribution >= 4 is 22.9 Å². The molecule has 0 aliphatic heterocycles. The Morgan fingerprint density at radius 1 is 1.24 bits per heavy atom. The average Bonchev–Trinajstić information content (AvgIpc) is 3.37. The fourth-order valence-corrected chi connectivity index (χ4v) is 3.58. The van der Waals surface area contributed by atoms with Crippen molar-refractivity contribution in [3.8, 4) is 11.3 Å². The lowest BCUT2D eigenvalue weighted by Gasteiger charge is -2.14. The predicted molar refractivity (Wildman–Crippen MR) is 124 cm³/mol. The summed E-state index contributed by atoms with van der Waals surface area (Å²) in [5.41, 5.74) is 10.2. The van der Waals surface area contributed by atoms with Gasteiger partial charge in [0.05, 0.1) is 18.6 Å². The molecule has 0 bridgehead atoms. The molecular weight excluding hydrogens is 424 g/mol. The number of imidazole rings is 2. The highest BCUT2D eigenvalue weighted by atomic mass is 16.6. The summed E-state index contributed by atoms with van der Waals surface area (Å²) in [6, 6.07) is 5.49. The summed E-state index contributed by atoms with van der Waals surface area (Å²) in [6.45, 7) is 8.15. The first kappa shape index (κ1) is 22.7. The number of aryl methyl sites for hydroxylation is 2. The summed E-state index contributed by atoms with van der Waals surface area (Å²) in [7, 11) is 0. The highest BCUT2D eigenvalue weighted by molar-refractivity contribution is 5.75. The third-order valence-electron chi connectivity index (χ3n) is 5.54. The molecule has 174 valence electrons. The first-order chi connectivity index (χ1) is 15.8. The number of fused-ring (bicyclic) bond motifs is 2. The number of benzene rings is 1. The van der Waals surface area contributed by atoms with E-state index in [0.717, 1.165) is 16.8 Å². The van der Waals surface area contributed by atoms with Crippen LogP contribution in [0.3, 0.4) is 0 Å². The number of nitrogens with zero attached hydrogens (tertiary/aromatic N) is 4. The number of aromatic amines is 1. The fourth-order valence-electron chi connectivity index (χ4n) is 3.58. The van der Waals surface area contributed by atoms with Crippen LogP contribution in [0.25, 0.3) is 28.2 Å². The van der Waals surface area contributed by atoms with Crippen LogP contribution in [-0.2, 0) is 21.0 Å². The molecule has 33 heavy (non-hydrogen) atoms. The van der Waals surface area contributed by atoms with Gasteiger partial charge in [-0.05, 0) is 25.3 Å². The second kappa shape index (κ2) is 9.16. The van der Waals surface area contributed by atoms with Crippen molar-refractivity contribution in [1.29, 1.82) is 0 Å². The van der Waals surface area contributed by atoms with Crippen molar-refractivity contribution < 1.29 is 14.3 Å². The van der Waals surface area contributed by atoms with Gasteiger partial charge in [-0.3, -0.25) is 14.2 Å². The molecule has 0 fully saturated rings. The zero-order chi connectivity index (χ0) is 23.7. The molecule has 10 nitrogen and oxygen atoms in total. The molecule has 0 aliphatic rings. The Morgan fingerprint density at radius 2 is 2.03 bits per heavy atom. The molecule has 3 N–H and O–H groups in total. The third-order valence-corrected chi connectivity index (χ3v) is 5.54. The van der Waals surface area contributed by atoms with Gasteiger partial charge in [0.2, 0.25) is 5.78 Å². The summed E-state index contributed by atoms with van der Waals surface area (Å²) in [6.07, 6.45) is 3.25. The summed E-state index contributed by atoms with van der Waals surface area (Å²) in [4.78, 5) is 36.8. The van der Waals surface area contributed by atoms with Gasteiger partial charge in [-0.15, -0.1) is 0 Å². The Bertz CT molecular complexity index is 1370. The summed E-state index contributed by atoms with van der Waals surface area (Å²) in [5.74, 6) is -0.0350. The van der Waals surface area contributed by atoms with Crippen LogP contribution in [0, 0.1) is 19.8 Å². The van der Waals surface area contributed by atoms with Crippen LogP contribution in [0.4, 0.5) is 0 Å². The van der Waals surface area contributed by atoms with Crippen LogP contribution in [0.1, 0.15) is 25.0 Å². The maximum Gasteiger partial charge on any atom is 0.323 e. The van der Waals surface area contributed by atoms with Gasteiger partial charge in [-0.2, -0.15) is 4.98 Å². The number of H-pyrrole nitrogens is 1. The normalized spacial score (nSPS) is 12.7. The number of hydrogen-bond donors (Lipinski definition) is 2. The Balaban J connectivity index is 1.50. The smallest absolute Gasteiger partial charge is 0.323 e. The molecule has 0 unspecified atom stereocenters. The van der Waals surface area contributed by atoms with Crippen molar-refractivity contribution in [2.75, 3.05) is 13.2 Å². The second-order valence-corrected chi connectivity index (χ2v) is 8.46. The number of ether oxygens (including phenoxy) is 2. The third kappa shape index (κ3) is 4.53. The number of hydrogen-bond acceptors (Lipinski definition) is 7. The van der Waals surface area contributed by atoms with E-state index in [1.165, 1.54) is 16.3 Å². The van der Waals surface area contributed by atoms with Gasteiger partial charge in [0, 0.05) is 11.8 Å². The van der Waals surface area contributed by atoms with Crippen LogP contribution in [0.2, 0.25) is 0 Å². The van der Waals surface area contributed by atoms with Crippen LogP contribution in [-0.4, -0.2) is 49.1 Å². The molecule has 4 rings (SSSR count). The number of nitrogens with one attached hydrogen (secondary N) is 1. The van der Waals surface area contributed by atoms with Crippen molar-refractivity contribution in [2.24, 2.45) is 11.7 Å². The zero-order valence-electron chi connectivity index (χ0n) is 19.2. The van der Waals surface area contributed by atoms with Crippen LogP contribution >= 0.6 is 0 Å². The Kier molecular flexibility index (Phi) is 6.30. The first-order valence-corrected chi connectivity index (χ1v) is 10.8. The molecule has 1 aromatic carbocycles. The molecule has 0 saturated heterocycles. The van der Waals surface area contributed by atoms with E-state index < -0.39 is 12.0 Å². The van der Waals surface area contributed by atoms with Crippen molar-refractivity contribution in [2.45, 2.75) is 40.5 Å². The average molecular weight is 453 g/mol. The van der Waals surface area contributed by atoms with E-state index in [1.54, 1.807) is 10.8 Å². The maximum atomic E-state index is 13.0. The Labute approximate surface area is 190 Å². The molecule has 10 heteroatoms. The molecule has 0 saturated carbocycles. The fraction of sp³-hybridized carbons (Fsp3) is 0.391. The first-order valence-electron chi connectivity index (χ1n) is 10.8. The van der Waals surface area contributed by atoms with E-state index >= 15 is 0 Å². The zero-order valence-corrected chi connectivity index (χ0v) is 19.2. The lowest BCUT2D eigenvalue weighted by molar-refractivity contribution is -0.148. The predicted octanol–water partition coefficient (Wildman–Crippen LogP) is 2.16. The standard InChI is InChI=1S/C23H28N6O4/c1-13(2)18(24)22(31)33-8-7-32-12-28-11-25-19-20(28)27-23-26-17(10-29(23)21(19)30)16-6-5-14(3)9-15(16)4/h5-6,9-11,13,18H,7-8,12,24H2,1-4H3,(H,26,27)/t18-/m1/s1. The quantitative estimate of drug-likeness (QED) is 0.309. The summed E-state index contributed by atoms with van der Waals surface area (Å²) < 4.78 is 13.8. The summed E-state index contributed by atoms with van der Waals surface area (Å²) >= 11 is 0.